The molecule has 0 amide bonds. The fourth-order valence-corrected chi connectivity index (χ4v) is 6.39. The number of fused-ring (bicyclic) bond motifs is 1. The molecule has 5 rings (SSSR count). The normalized spacial score (nSPS) is 11.9. The first kappa shape index (κ1) is 25.9. The van der Waals surface area contributed by atoms with Gasteiger partial charge in [-0.2, -0.15) is 10.5 Å². The van der Waals surface area contributed by atoms with E-state index in [9.17, 15) is 23.5 Å². The van der Waals surface area contributed by atoms with Crippen LogP contribution in [0.1, 0.15) is 23.1 Å². The molecule has 1 aromatic heterocycles. The van der Waals surface area contributed by atoms with E-state index in [1.165, 1.54) is 24.3 Å². The molecule has 0 aliphatic carbocycles. The average molecular weight is 604 g/mol. The van der Waals surface area contributed by atoms with E-state index >= 15 is 0 Å². The van der Waals surface area contributed by atoms with Gasteiger partial charge in [0.15, 0.2) is 11.0 Å². The third-order valence-electron chi connectivity index (χ3n) is 6.10. The maximum absolute atomic E-state index is 14.2. The molecule has 0 fully saturated rings. The molecular weight excluding hydrogens is 587 g/mol. The van der Waals surface area contributed by atoms with Gasteiger partial charge in [0.1, 0.15) is 0 Å². The zero-order valence-electron chi connectivity index (χ0n) is 19.5. The lowest BCUT2D eigenvalue weighted by atomic mass is 9.91. The number of alkyl halides is 2. The van der Waals surface area contributed by atoms with E-state index in [1.54, 1.807) is 22.2 Å². The number of benzene rings is 4. The van der Waals surface area contributed by atoms with E-state index < -0.39 is 17.4 Å². The van der Waals surface area contributed by atoms with E-state index in [1.807, 2.05) is 42.5 Å². The highest BCUT2D eigenvalue weighted by molar-refractivity contribution is 9.10. The lowest BCUT2D eigenvalue weighted by Crippen LogP contribution is -2.07. The first-order valence-corrected chi connectivity index (χ1v) is 13.8. The SMILES string of the molecule is N#Cc1cccc(C#N)c1-c1c(-c2cccc(Br)c2)n(S(=O)c2ccc(C(F)F)cc2)c2ccc(P)cc12. The van der Waals surface area contributed by atoms with Crippen molar-refractivity contribution in [2.75, 3.05) is 0 Å². The lowest BCUT2D eigenvalue weighted by Gasteiger charge is -2.14. The van der Waals surface area contributed by atoms with Gasteiger partial charge in [0.05, 0.1) is 39.4 Å². The molecule has 0 radical (unpaired) electrons. The van der Waals surface area contributed by atoms with Gasteiger partial charge in [-0.15, -0.1) is 9.24 Å². The Morgan fingerprint density at radius 3 is 2.13 bits per heavy atom. The van der Waals surface area contributed by atoms with Crippen LogP contribution in [0.3, 0.4) is 0 Å². The highest BCUT2D eigenvalue weighted by Gasteiger charge is 2.27. The number of aromatic nitrogens is 1. The van der Waals surface area contributed by atoms with Crippen molar-refractivity contribution in [3.63, 3.8) is 0 Å². The molecule has 2 atom stereocenters. The molecule has 5 aromatic rings. The maximum atomic E-state index is 14.2. The second-order valence-electron chi connectivity index (χ2n) is 8.38. The molecule has 2 unspecified atom stereocenters. The number of nitriles is 2. The Kier molecular flexibility index (Phi) is 7.23. The summed E-state index contributed by atoms with van der Waals surface area (Å²) in [6, 6.07) is 27.8. The molecular formula is C29H17BrF2N3OPS. The molecule has 0 aliphatic heterocycles. The number of nitrogens with zero attached hydrogens (tertiary/aromatic N) is 3. The van der Waals surface area contributed by atoms with Crippen LogP contribution >= 0.6 is 25.2 Å². The Hall–Kier alpha value is -3.68. The smallest absolute Gasteiger partial charge is 0.254 e. The van der Waals surface area contributed by atoms with Crippen molar-refractivity contribution in [1.29, 1.82) is 10.5 Å². The molecule has 0 saturated heterocycles. The molecule has 4 nitrogen and oxygen atoms in total. The van der Waals surface area contributed by atoms with Crippen LogP contribution in [-0.2, 0) is 11.0 Å². The van der Waals surface area contributed by atoms with E-state index in [0.717, 1.165) is 9.78 Å². The molecule has 0 bridgehead atoms. The van der Waals surface area contributed by atoms with Crippen LogP contribution in [0, 0.1) is 22.7 Å². The summed E-state index contributed by atoms with van der Waals surface area (Å²) < 4.78 is 43.0. The molecule has 186 valence electrons. The van der Waals surface area contributed by atoms with Crippen molar-refractivity contribution in [3.8, 4) is 34.5 Å². The zero-order chi connectivity index (χ0) is 27.0. The minimum Gasteiger partial charge on any atom is -0.254 e. The van der Waals surface area contributed by atoms with Crippen molar-refractivity contribution in [1.82, 2.24) is 3.97 Å². The van der Waals surface area contributed by atoms with Gasteiger partial charge in [-0.1, -0.05) is 52.3 Å². The van der Waals surface area contributed by atoms with E-state index in [0.29, 0.717) is 49.3 Å². The first-order valence-electron chi connectivity index (χ1n) is 11.3. The number of halogens is 3. The Balaban J connectivity index is 1.95. The molecule has 1 heterocycles. The third-order valence-corrected chi connectivity index (χ3v) is 8.34. The summed E-state index contributed by atoms with van der Waals surface area (Å²) in [7, 11) is 0.784. The number of hydrogen-bond donors (Lipinski definition) is 0. The van der Waals surface area contributed by atoms with Crippen LogP contribution in [0.15, 0.2) is 94.3 Å². The summed E-state index contributed by atoms with van der Waals surface area (Å²) in [5.74, 6) is 0. The van der Waals surface area contributed by atoms with E-state index in [4.69, 9.17) is 0 Å². The topological polar surface area (TPSA) is 69.6 Å². The summed E-state index contributed by atoms with van der Waals surface area (Å²) in [5, 5.41) is 21.6. The van der Waals surface area contributed by atoms with Crippen LogP contribution in [0.25, 0.3) is 33.3 Å². The van der Waals surface area contributed by atoms with E-state index in [-0.39, 0.29) is 5.56 Å². The molecule has 0 N–H and O–H groups in total. The Morgan fingerprint density at radius 1 is 0.868 bits per heavy atom. The molecule has 38 heavy (non-hydrogen) atoms. The fraction of sp³-hybridized carbons (Fsp3) is 0.0345. The summed E-state index contributed by atoms with van der Waals surface area (Å²) in [6.45, 7) is 0. The minimum atomic E-state index is -2.64. The second-order valence-corrected chi connectivity index (χ2v) is 11.3. The predicted octanol–water partition coefficient (Wildman–Crippen LogP) is 7.49. The number of rotatable bonds is 5. The highest BCUT2D eigenvalue weighted by atomic mass is 79.9. The van der Waals surface area contributed by atoms with Gasteiger partial charge < -0.3 is 0 Å². The Morgan fingerprint density at radius 2 is 1.53 bits per heavy atom. The van der Waals surface area contributed by atoms with Crippen LogP contribution in [0.5, 0.6) is 0 Å². The van der Waals surface area contributed by atoms with Gasteiger partial charge in [0, 0.05) is 32.1 Å². The summed E-state index contributed by atoms with van der Waals surface area (Å²) in [5.41, 5.74) is 3.32. The average Bonchev–Trinajstić information content (AvgIpc) is 3.25. The lowest BCUT2D eigenvalue weighted by molar-refractivity contribution is 0.151. The summed E-state index contributed by atoms with van der Waals surface area (Å²) in [4.78, 5) is 0.332. The highest BCUT2D eigenvalue weighted by Crippen LogP contribution is 2.44. The van der Waals surface area contributed by atoms with E-state index in [2.05, 4.69) is 37.3 Å². The summed E-state index contributed by atoms with van der Waals surface area (Å²) in [6.07, 6.45) is -2.64. The van der Waals surface area contributed by atoms with Crippen molar-refractivity contribution >= 4 is 52.4 Å². The molecule has 4 aromatic carbocycles. The zero-order valence-corrected chi connectivity index (χ0v) is 23.1. The first-order chi connectivity index (χ1) is 18.3. The Bertz CT molecular complexity index is 1790. The quantitative estimate of drug-likeness (QED) is 0.195. The van der Waals surface area contributed by atoms with Crippen molar-refractivity contribution in [3.05, 3.63) is 106 Å². The van der Waals surface area contributed by atoms with Gasteiger partial charge in [-0.3, -0.25) is 3.97 Å². The third kappa shape index (κ3) is 4.57. The second kappa shape index (κ2) is 10.6. The van der Waals surface area contributed by atoms with Gasteiger partial charge in [-0.05, 0) is 53.8 Å². The largest absolute Gasteiger partial charge is 0.263 e. The van der Waals surface area contributed by atoms with Gasteiger partial charge in [0.2, 0.25) is 0 Å². The van der Waals surface area contributed by atoms with Gasteiger partial charge in [0.25, 0.3) is 6.43 Å². The summed E-state index contributed by atoms with van der Waals surface area (Å²) >= 11 is 3.52. The van der Waals surface area contributed by atoms with Crippen LogP contribution in [0.4, 0.5) is 8.78 Å². The van der Waals surface area contributed by atoms with Crippen LogP contribution in [0.2, 0.25) is 0 Å². The molecule has 9 heteroatoms. The van der Waals surface area contributed by atoms with Crippen molar-refractivity contribution in [2.24, 2.45) is 0 Å². The maximum Gasteiger partial charge on any atom is 0.263 e. The van der Waals surface area contributed by atoms with Gasteiger partial charge >= 0.3 is 0 Å². The van der Waals surface area contributed by atoms with Crippen molar-refractivity contribution in [2.45, 2.75) is 11.3 Å². The van der Waals surface area contributed by atoms with Crippen molar-refractivity contribution < 1.29 is 13.0 Å². The van der Waals surface area contributed by atoms with Crippen LogP contribution in [-0.4, -0.2) is 8.18 Å². The monoisotopic (exact) mass is 603 g/mol. The Labute approximate surface area is 231 Å². The fourth-order valence-electron chi connectivity index (χ4n) is 4.45. The van der Waals surface area contributed by atoms with Gasteiger partial charge in [-0.25, -0.2) is 13.0 Å². The van der Waals surface area contributed by atoms with Crippen LogP contribution < -0.4 is 5.30 Å². The number of hydrogen-bond acceptors (Lipinski definition) is 3. The molecule has 0 aliphatic rings. The molecule has 0 saturated carbocycles. The predicted molar refractivity (Wildman–Crippen MR) is 152 cm³/mol. The minimum absolute atomic E-state index is 0.162. The standard InChI is InChI=1S/C29H17BrF2N3OPS/c30-21-6-2-3-18(13-21)28-27(26-19(15-33)4-1-5-20(26)16-34)24-14-22(37)9-12-25(24)35(28)38(36)23-10-7-17(8-11-23)29(31)32/h1-14,29H,37H2. The molecule has 0 spiro atoms.